The predicted molar refractivity (Wildman–Crippen MR) is 58.5 cm³/mol. The summed E-state index contributed by atoms with van der Waals surface area (Å²) in [6, 6.07) is 0. The molecule has 4 heteroatoms. The van der Waals surface area contributed by atoms with Gasteiger partial charge in [0, 0.05) is 5.41 Å². The Kier molecular flexibility index (Phi) is 4.18. The van der Waals surface area contributed by atoms with E-state index in [0.29, 0.717) is 6.42 Å². The maximum absolute atomic E-state index is 11.9. The summed E-state index contributed by atoms with van der Waals surface area (Å²) >= 11 is 4.08. The summed E-state index contributed by atoms with van der Waals surface area (Å²) in [5.74, 6) is -0.810. The van der Waals surface area contributed by atoms with Gasteiger partial charge in [-0.15, -0.1) is 0 Å². The first-order valence-electron chi connectivity index (χ1n) is 4.55. The number of methoxy groups -OCH3 is 1. The smallest absolute Gasteiger partial charge is 0.329 e. The Balaban J connectivity index is 4.93. The third-order valence-electron chi connectivity index (χ3n) is 2.52. The largest absolute Gasteiger partial charge is 0.468 e. The van der Waals surface area contributed by atoms with Crippen molar-refractivity contribution < 1.29 is 14.3 Å². The lowest BCUT2D eigenvalue weighted by Crippen LogP contribution is -2.46. The van der Waals surface area contributed by atoms with E-state index >= 15 is 0 Å². The SMILES string of the molecule is CCC(C)(C)C(=O)C(C)(S)C(=O)OC. The van der Waals surface area contributed by atoms with Crippen LogP contribution in [0.15, 0.2) is 0 Å². The zero-order chi connectivity index (χ0) is 11.6. The number of ether oxygens (including phenoxy) is 1. The van der Waals surface area contributed by atoms with Gasteiger partial charge in [-0.1, -0.05) is 20.8 Å². The van der Waals surface area contributed by atoms with Crippen LogP contribution < -0.4 is 0 Å². The highest BCUT2D eigenvalue weighted by Crippen LogP contribution is 2.31. The lowest BCUT2D eigenvalue weighted by molar-refractivity contribution is -0.148. The third kappa shape index (κ3) is 2.50. The van der Waals surface area contributed by atoms with Gasteiger partial charge < -0.3 is 4.74 Å². The van der Waals surface area contributed by atoms with Crippen molar-refractivity contribution in [3.8, 4) is 0 Å². The molecule has 14 heavy (non-hydrogen) atoms. The molecule has 0 aromatic carbocycles. The van der Waals surface area contributed by atoms with E-state index in [1.807, 2.05) is 6.92 Å². The molecule has 0 radical (unpaired) electrons. The molecule has 0 aliphatic heterocycles. The van der Waals surface area contributed by atoms with Crippen LogP contribution in [-0.2, 0) is 14.3 Å². The van der Waals surface area contributed by atoms with Crippen LogP contribution in [0.5, 0.6) is 0 Å². The number of carbonyl (C=O) groups excluding carboxylic acids is 2. The Morgan fingerprint density at radius 1 is 1.29 bits per heavy atom. The first-order chi connectivity index (χ1) is 6.20. The fraction of sp³-hybridized carbons (Fsp3) is 0.800. The highest BCUT2D eigenvalue weighted by atomic mass is 32.1. The van der Waals surface area contributed by atoms with Crippen LogP contribution in [0, 0.1) is 5.41 Å². The summed E-state index contributed by atoms with van der Waals surface area (Å²) in [5.41, 5.74) is -0.551. The van der Waals surface area contributed by atoms with E-state index in [1.165, 1.54) is 14.0 Å². The molecule has 0 N–H and O–H groups in total. The van der Waals surface area contributed by atoms with Crippen LogP contribution >= 0.6 is 12.6 Å². The van der Waals surface area contributed by atoms with Gasteiger partial charge in [0.2, 0.25) is 0 Å². The van der Waals surface area contributed by atoms with Gasteiger partial charge in [0.1, 0.15) is 0 Å². The highest BCUT2D eigenvalue weighted by molar-refractivity contribution is 7.83. The average Bonchev–Trinajstić information content (AvgIpc) is 2.15. The van der Waals surface area contributed by atoms with Crippen molar-refractivity contribution in [1.29, 1.82) is 0 Å². The summed E-state index contributed by atoms with van der Waals surface area (Å²) in [6.45, 7) is 6.97. The number of esters is 1. The first kappa shape index (κ1) is 13.5. The first-order valence-corrected chi connectivity index (χ1v) is 5.00. The molecule has 0 amide bonds. The molecular weight excluding hydrogens is 200 g/mol. The molecule has 0 aromatic heterocycles. The molecule has 1 atom stereocenters. The van der Waals surface area contributed by atoms with Crippen molar-refractivity contribution in [2.24, 2.45) is 5.41 Å². The second-order valence-electron chi connectivity index (χ2n) is 4.13. The molecule has 0 aliphatic rings. The second-order valence-corrected chi connectivity index (χ2v) is 5.02. The number of rotatable bonds is 4. The Labute approximate surface area is 90.6 Å². The molecule has 0 saturated carbocycles. The molecule has 0 aromatic rings. The molecule has 1 unspecified atom stereocenters. The highest BCUT2D eigenvalue weighted by Gasteiger charge is 2.45. The van der Waals surface area contributed by atoms with E-state index in [4.69, 9.17) is 0 Å². The lowest BCUT2D eigenvalue weighted by atomic mass is 9.79. The van der Waals surface area contributed by atoms with E-state index in [2.05, 4.69) is 17.4 Å². The number of Topliss-reactive ketones (excluding diaryl/α,β-unsaturated/α-hetero) is 1. The van der Waals surface area contributed by atoms with Gasteiger partial charge in [0.25, 0.3) is 0 Å². The van der Waals surface area contributed by atoms with Crippen molar-refractivity contribution in [2.45, 2.75) is 38.9 Å². The van der Waals surface area contributed by atoms with Gasteiger partial charge in [-0.05, 0) is 13.3 Å². The maximum Gasteiger partial charge on any atom is 0.329 e. The summed E-state index contributed by atoms with van der Waals surface area (Å²) in [6.07, 6.45) is 0.666. The summed E-state index contributed by atoms with van der Waals surface area (Å²) in [5, 5.41) is 0. The minimum atomic E-state index is -1.35. The number of ketones is 1. The van der Waals surface area contributed by atoms with Crippen LogP contribution in [0.4, 0.5) is 0 Å². The van der Waals surface area contributed by atoms with E-state index in [0.717, 1.165) is 0 Å². The fourth-order valence-corrected chi connectivity index (χ4v) is 1.50. The van der Waals surface area contributed by atoms with Gasteiger partial charge in [0.15, 0.2) is 10.5 Å². The average molecular weight is 218 g/mol. The van der Waals surface area contributed by atoms with Crippen LogP contribution in [0.3, 0.4) is 0 Å². The standard InChI is InChI=1S/C10H18O3S/c1-6-9(2,3)7(11)10(4,14)8(12)13-5/h14H,6H2,1-5H3. The van der Waals surface area contributed by atoms with Gasteiger partial charge in [-0.25, -0.2) is 0 Å². The van der Waals surface area contributed by atoms with Crippen molar-refractivity contribution >= 4 is 24.4 Å². The molecule has 0 bridgehead atoms. The van der Waals surface area contributed by atoms with E-state index < -0.39 is 16.1 Å². The number of hydrogen-bond acceptors (Lipinski definition) is 4. The number of hydrogen-bond donors (Lipinski definition) is 1. The minimum absolute atomic E-state index is 0.206. The maximum atomic E-state index is 11.9. The van der Waals surface area contributed by atoms with E-state index in [1.54, 1.807) is 13.8 Å². The Morgan fingerprint density at radius 3 is 2.00 bits per heavy atom. The molecular formula is C10H18O3S. The number of thiol groups is 1. The van der Waals surface area contributed by atoms with Gasteiger partial charge in [-0.2, -0.15) is 12.6 Å². The molecule has 0 saturated heterocycles. The van der Waals surface area contributed by atoms with Crippen molar-refractivity contribution in [3.05, 3.63) is 0 Å². The summed E-state index contributed by atoms with van der Waals surface area (Å²) in [7, 11) is 1.25. The summed E-state index contributed by atoms with van der Waals surface area (Å²) in [4.78, 5) is 23.3. The molecule has 82 valence electrons. The Hall–Kier alpha value is -0.510. The molecule has 0 heterocycles. The van der Waals surface area contributed by atoms with E-state index in [9.17, 15) is 9.59 Å². The van der Waals surface area contributed by atoms with Crippen molar-refractivity contribution in [1.82, 2.24) is 0 Å². The van der Waals surface area contributed by atoms with Gasteiger partial charge >= 0.3 is 5.97 Å². The zero-order valence-electron chi connectivity index (χ0n) is 9.38. The van der Waals surface area contributed by atoms with Crippen LogP contribution in [-0.4, -0.2) is 23.6 Å². The molecule has 0 fully saturated rings. The third-order valence-corrected chi connectivity index (χ3v) is 2.91. The van der Waals surface area contributed by atoms with Crippen molar-refractivity contribution in [2.75, 3.05) is 7.11 Å². The molecule has 0 aliphatic carbocycles. The zero-order valence-corrected chi connectivity index (χ0v) is 10.3. The lowest BCUT2D eigenvalue weighted by Gasteiger charge is -2.29. The monoisotopic (exact) mass is 218 g/mol. The minimum Gasteiger partial charge on any atom is -0.468 e. The van der Waals surface area contributed by atoms with Gasteiger partial charge in [-0.3, -0.25) is 9.59 Å². The van der Waals surface area contributed by atoms with E-state index in [-0.39, 0.29) is 5.78 Å². The normalized spacial score (nSPS) is 15.9. The Bertz CT molecular complexity index is 244. The second kappa shape index (κ2) is 4.34. The van der Waals surface area contributed by atoms with Crippen LogP contribution in [0.2, 0.25) is 0 Å². The topological polar surface area (TPSA) is 43.4 Å². The summed E-state index contributed by atoms with van der Waals surface area (Å²) < 4.78 is 3.19. The molecule has 0 spiro atoms. The number of carbonyl (C=O) groups is 2. The van der Waals surface area contributed by atoms with Crippen LogP contribution in [0.1, 0.15) is 34.1 Å². The van der Waals surface area contributed by atoms with Crippen molar-refractivity contribution in [3.63, 3.8) is 0 Å². The Morgan fingerprint density at radius 2 is 1.71 bits per heavy atom. The van der Waals surface area contributed by atoms with Crippen LogP contribution in [0.25, 0.3) is 0 Å². The fourth-order valence-electron chi connectivity index (χ4n) is 1.11. The molecule has 0 rings (SSSR count). The van der Waals surface area contributed by atoms with Gasteiger partial charge in [0.05, 0.1) is 7.11 Å². The quantitative estimate of drug-likeness (QED) is 0.445. The molecule has 3 nitrogen and oxygen atoms in total. The predicted octanol–water partition coefficient (Wildman–Crippen LogP) is 1.85.